The highest BCUT2D eigenvalue weighted by Crippen LogP contribution is 2.34. The van der Waals surface area contributed by atoms with Crippen molar-refractivity contribution in [2.75, 3.05) is 5.73 Å². The van der Waals surface area contributed by atoms with E-state index >= 15 is 0 Å². The van der Waals surface area contributed by atoms with Gasteiger partial charge in [-0.05, 0) is 34.1 Å². The number of rotatable bonds is 2. The second-order valence-corrected chi connectivity index (χ2v) is 6.37. The fourth-order valence-electron chi connectivity index (χ4n) is 1.89. The maximum absolute atomic E-state index is 6.01. The zero-order chi connectivity index (χ0) is 14.1. The minimum atomic E-state index is 0.692. The molecule has 0 amide bonds. The third-order valence-electron chi connectivity index (χ3n) is 2.91. The lowest BCUT2D eigenvalue weighted by Gasteiger charge is -2.01. The Balaban J connectivity index is 2.02. The van der Waals surface area contributed by atoms with Gasteiger partial charge in [0, 0.05) is 26.7 Å². The lowest BCUT2D eigenvalue weighted by atomic mass is 10.1. The molecule has 0 saturated heterocycles. The van der Waals surface area contributed by atoms with Crippen molar-refractivity contribution in [3.05, 3.63) is 57.3 Å². The molecule has 3 rings (SSSR count). The first-order chi connectivity index (χ1) is 9.65. The molecule has 2 N–H and O–H groups in total. The van der Waals surface area contributed by atoms with E-state index in [9.17, 15) is 0 Å². The molecule has 5 heteroatoms. The van der Waals surface area contributed by atoms with E-state index in [0.717, 1.165) is 32.0 Å². The van der Waals surface area contributed by atoms with Crippen molar-refractivity contribution in [1.82, 2.24) is 4.98 Å². The number of hydrogen-bond donors (Lipinski definition) is 1. The molecule has 0 unspecified atom stereocenters. The standard InChI is InChI=1S/C15H10BrClN2S/c16-11-7-9(5-6-12(11)17)15-19-14(8-20-15)10-3-1-2-4-13(10)18/h1-8H,18H2. The SMILES string of the molecule is Nc1ccccc1-c1csc(-c2ccc(Cl)c(Br)c2)n1. The van der Waals surface area contributed by atoms with Crippen LogP contribution < -0.4 is 5.73 Å². The van der Waals surface area contributed by atoms with Crippen LogP contribution in [0, 0.1) is 0 Å². The van der Waals surface area contributed by atoms with E-state index < -0.39 is 0 Å². The van der Waals surface area contributed by atoms with Crippen LogP contribution in [-0.2, 0) is 0 Å². The van der Waals surface area contributed by atoms with Crippen LogP contribution >= 0.6 is 38.9 Å². The van der Waals surface area contributed by atoms with Crippen LogP contribution in [0.5, 0.6) is 0 Å². The van der Waals surface area contributed by atoms with Gasteiger partial charge < -0.3 is 5.73 Å². The van der Waals surface area contributed by atoms with Crippen LogP contribution in [-0.4, -0.2) is 4.98 Å². The second-order valence-electron chi connectivity index (χ2n) is 4.25. The van der Waals surface area contributed by atoms with Crippen LogP contribution in [0.3, 0.4) is 0 Å². The van der Waals surface area contributed by atoms with Crippen LogP contribution in [0.1, 0.15) is 0 Å². The molecule has 0 aliphatic carbocycles. The number of nitrogens with two attached hydrogens (primary N) is 1. The summed E-state index contributed by atoms with van der Waals surface area (Å²) in [5.41, 5.74) is 9.61. The van der Waals surface area contributed by atoms with E-state index in [1.165, 1.54) is 0 Å². The Morgan fingerprint density at radius 1 is 1.15 bits per heavy atom. The highest BCUT2D eigenvalue weighted by atomic mass is 79.9. The van der Waals surface area contributed by atoms with E-state index in [1.54, 1.807) is 11.3 Å². The Kier molecular flexibility index (Phi) is 3.78. The van der Waals surface area contributed by atoms with Gasteiger partial charge in [-0.3, -0.25) is 0 Å². The van der Waals surface area contributed by atoms with Gasteiger partial charge in [0.15, 0.2) is 0 Å². The molecule has 0 saturated carbocycles. The van der Waals surface area contributed by atoms with Crippen molar-refractivity contribution < 1.29 is 0 Å². The fraction of sp³-hybridized carbons (Fsp3) is 0. The van der Waals surface area contributed by atoms with Gasteiger partial charge in [-0.15, -0.1) is 11.3 Å². The normalized spacial score (nSPS) is 10.7. The summed E-state index contributed by atoms with van der Waals surface area (Å²) >= 11 is 11.0. The largest absolute Gasteiger partial charge is 0.398 e. The molecule has 2 aromatic carbocycles. The van der Waals surface area contributed by atoms with Crippen molar-refractivity contribution >= 4 is 44.6 Å². The number of benzene rings is 2. The Morgan fingerprint density at radius 3 is 2.70 bits per heavy atom. The van der Waals surface area contributed by atoms with Gasteiger partial charge in [-0.1, -0.05) is 35.9 Å². The van der Waals surface area contributed by atoms with E-state index in [0.29, 0.717) is 5.02 Å². The number of nitrogens with zero attached hydrogens (tertiary/aromatic N) is 1. The molecular formula is C15H10BrClN2S. The highest BCUT2D eigenvalue weighted by molar-refractivity contribution is 9.10. The molecule has 2 nitrogen and oxygen atoms in total. The van der Waals surface area contributed by atoms with E-state index in [4.69, 9.17) is 17.3 Å². The Hall–Kier alpha value is -1.36. The maximum atomic E-state index is 6.01. The summed E-state index contributed by atoms with van der Waals surface area (Å²) in [6.07, 6.45) is 0. The molecular weight excluding hydrogens is 356 g/mol. The number of aromatic nitrogens is 1. The summed E-state index contributed by atoms with van der Waals surface area (Å²) in [7, 11) is 0. The van der Waals surface area contributed by atoms with Crippen LogP contribution in [0.4, 0.5) is 5.69 Å². The van der Waals surface area contributed by atoms with Crippen LogP contribution in [0.25, 0.3) is 21.8 Å². The van der Waals surface area contributed by atoms with Gasteiger partial charge in [-0.25, -0.2) is 4.98 Å². The third-order valence-corrected chi connectivity index (χ3v) is 5.01. The molecule has 0 bridgehead atoms. The van der Waals surface area contributed by atoms with Gasteiger partial charge in [0.1, 0.15) is 5.01 Å². The smallest absolute Gasteiger partial charge is 0.124 e. The van der Waals surface area contributed by atoms with Crippen molar-refractivity contribution in [1.29, 1.82) is 0 Å². The monoisotopic (exact) mass is 364 g/mol. The molecule has 0 atom stereocenters. The topological polar surface area (TPSA) is 38.9 Å². The lowest BCUT2D eigenvalue weighted by Crippen LogP contribution is -1.89. The highest BCUT2D eigenvalue weighted by Gasteiger charge is 2.09. The first-order valence-corrected chi connectivity index (χ1v) is 7.96. The minimum Gasteiger partial charge on any atom is -0.398 e. The molecule has 100 valence electrons. The van der Waals surface area contributed by atoms with Gasteiger partial charge >= 0.3 is 0 Å². The van der Waals surface area contributed by atoms with Gasteiger partial charge in [0.05, 0.1) is 10.7 Å². The molecule has 0 spiro atoms. The van der Waals surface area contributed by atoms with Gasteiger partial charge in [0.25, 0.3) is 0 Å². The van der Waals surface area contributed by atoms with E-state index in [1.807, 2.05) is 47.8 Å². The second kappa shape index (κ2) is 5.56. The summed E-state index contributed by atoms with van der Waals surface area (Å²) in [6, 6.07) is 13.5. The van der Waals surface area contributed by atoms with Crippen molar-refractivity contribution in [3.8, 4) is 21.8 Å². The molecule has 3 aromatic rings. The average molecular weight is 366 g/mol. The maximum Gasteiger partial charge on any atom is 0.124 e. The van der Waals surface area contributed by atoms with Crippen molar-refractivity contribution in [3.63, 3.8) is 0 Å². The van der Waals surface area contributed by atoms with E-state index in [-0.39, 0.29) is 0 Å². The molecule has 1 aromatic heterocycles. The van der Waals surface area contributed by atoms with Gasteiger partial charge in [0.2, 0.25) is 0 Å². The number of para-hydroxylation sites is 1. The Bertz CT molecular complexity index is 770. The predicted octanol–water partition coefficient (Wildman–Crippen LogP) is 5.48. The molecule has 1 heterocycles. The summed E-state index contributed by atoms with van der Waals surface area (Å²) in [4.78, 5) is 4.66. The molecule has 0 fully saturated rings. The zero-order valence-corrected chi connectivity index (χ0v) is 13.5. The van der Waals surface area contributed by atoms with Crippen molar-refractivity contribution in [2.24, 2.45) is 0 Å². The number of halogens is 2. The number of hydrogen-bond acceptors (Lipinski definition) is 3. The Morgan fingerprint density at radius 2 is 1.95 bits per heavy atom. The zero-order valence-electron chi connectivity index (χ0n) is 10.3. The quantitative estimate of drug-likeness (QED) is 0.611. The fourth-order valence-corrected chi connectivity index (χ4v) is 3.20. The van der Waals surface area contributed by atoms with Crippen LogP contribution in [0.2, 0.25) is 5.02 Å². The molecule has 0 aliphatic rings. The van der Waals surface area contributed by atoms with Crippen molar-refractivity contribution in [2.45, 2.75) is 0 Å². The minimum absolute atomic E-state index is 0.692. The molecule has 0 radical (unpaired) electrons. The number of thiazole rings is 1. The first-order valence-electron chi connectivity index (χ1n) is 5.91. The third kappa shape index (κ3) is 2.59. The summed E-state index contributed by atoms with van der Waals surface area (Å²) < 4.78 is 0.868. The lowest BCUT2D eigenvalue weighted by molar-refractivity contribution is 1.40. The molecule has 20 heavy (non-hydrogen) atoms. The van der Waals surface area contributed by atoms with Gasteiger partial charge in [-0.2, -0.15) is 0 Å². The number of anilines is 1. The summed E-state index contributed by atoms with van der Waals surface area (Å²) in [5.74, 6) is 0. The molecule has 0 aliphatic heterocycles. The number of nitrogen functional groups attached to an aromatic ring is 1. The predicted molar refractivity (Wildman–Crippen MR) is 90.1 cm³/mol. The first kappa shape index (κ1) is 13.6. The summed E-state index contributed by atoms with van der Waals surface area (Å²) in [6.45, 7) is 0. The average Bonchev–Trinajstić information content (AvgIpc) is 2.92. The Labute approximate surface area is 134 Å². The van der Waals surface area contributed by atoms with Crippen LogP contribution in [0.15, 0.2) is 52.3 Å². The summed E-state index contributed by atoms with van der Waals surface area (Å²) in [5, 5.41) is 3.65. The van der Waals surface area contributed by atoms with E-state index in [2.05, 4.69) is 20.9 Å².